The number of benzene rings is 1. The van der Waals surface area contributed by atoms with Crippen LogP contribution in [-0.2, 0) is 19.2 Å². The molecule has 2 unspecified atom stereocenters. The first kappa shape index (κ1) is 20.2. The third-order valence-corrected chi connectivity index (χ3v) is 4.12. The standard InChI is InChI=1S/C13H18ClNO5S.C2H6/c1-3-13(2)19-11(7-8-18-21(15,16)17)9-5-4-6-10(14)12(9)20-13;1-2/h4-6,11H,3,7-8H2,1-2H3,(H2,15,16,17);1-2H3. The van der Waals surface area contributed by atoms with Gasteiger partial charge >= 0.3 is 10.3 Å². The van der Waals surface area contributed by atoms with Crippen molar-refractivity contribution in [2.24, 2.45) is 5.14 Å². The predicted molar refractivity (Wildman–Crippen MR) is 89.6 cm³/mol. The zero-order chi connectivity index (χ0) is 17.7. The van der Waals surface area contributed by atoms with E-state index in [2.05, 4.69) is 4.18 Å². The molecule has 0 aromatic heterocycles. The molecule has 0 aliphatic carbocycles. The van der Waals surface area contributed by atoms with Crippen LogP contribution in [0.5, 0.6) is 5.75 Å². The van der Waals surface area contributed by atoms with E-state index in [1.54, 1.807) is 12.1 Å². The average molecular weight is 366 g/mol. The molecule has 0 fully saturated rings. The van der Waals surface area contributed by atoms with E-state index < -0.39 is 16.1 Å². The summed E-state index contributed by atoms with van der Waals surface area (Å²) < 4.78 is 38.0. The Hall–Kier alpha value is -0.860. The zero-order valence-electron chi connectivity index (χ0n) is 13.8. The van der Waals surface area contributed by atoms with Crippen LogP contribution < -0.4 is 9.88 Å². The first-order chi connectivity index (χ1) is 10.7. The maximum absolute atomic E-state index is 10.8. The van der Waals surface area contributed by atoms with Gasteiger partial charge in [0.05, 0.1) is 17.7 Å². The van der Waals surface area contributed by atoms with Crippen molar-refractivity contribution in [3.63, 3.8) is 0 Å². The summed E-state index contributed by atoms with van der Waals surface area (Å²) >= 11 is 6.17. The molecule has 1 aromatic rings. The van der Waals surface area contributed by atoms with E-state index in [9.17, 15) is 8.42 Å². The summed E-state index contributed by atoms with van der Waals surface area (Å²) in [5.41, 5.74) is 0.770. The highest BCUT2D eigenvalue weighted by Crippen LogP contribution is 2.44. The van der Waals surface area contributed by atoms with Gasteiger partial charge < -0.3 is 9.47 Å². The van der Waals surface area contributed by atoms with E-state index in [-0.39, 0.29) is 12.7 Å². The Morgan fingerprint density at radius 1 is 1.39 bits per heavy atom. The minimum atomic E-state index is -3.96. The second-order valence-electron chi connectivity index (χ2n) is 4.96. The van der Waals surface area contributed by atoms with Crippen LogP contribution in [0.2, 0.25) is 5.02 Å². The van der Waals surface area contributed by atoms with Gasteiger partial charge in [-0.15, -0.1) is 0 Å². The largest absolute Gasteiger partial charge is 0.461 e. The lowest BCUT2D eigenvalue weighted by molar-refractivity contribution is -0.222. The smallest absolute Gasteiger partial charge is 0.333 e. The molecule has 6 nitrogen and oxygen atoms in total. The van der Waals surface area contributed by atoms with Gasteiger partial charge in [-0.3, -0.25) is 4.18 Å². The summed E-state index contributed by atoms with van der Waals surface area (Å²) in [4.78, 5) is 0. The third kappa shape index (κ3) is 5.61. The Morgan fingerprint density at radius 2 is 2.04 bits per heavy atom. The second-order valence-corrected chi connectivity index (χ2v) is 6.59. The lowest BCUT2D eigenvalue weighted by Gasteiger charge is -2.40. The fourth-order valence-electron chi connectivity index (χ4n) is 2.13. The Balaban J connectivity index is 0.00000127. The Labute approximate surface area is 143 Å². The monoisotopic (exact) mass is 365 g/mol. The van der Waals surface area contributed by atoms with Gasteiger partial charge in [-0.1, -0.05) is 44.5 Å². The molecule has 0 radical (unpaired) electrons. The molecule has 2 N–H and O–H groups in total. The minimum absolute atomic E-state index is 0.0742. The highest BCUT2D eigenvalue weighted by molar-refractivity contribution is 7.84. The van der Waals surface area contributed by atoms with Gasteiger partial charge in [0, 0.05) is 25.3 Å². The molecule has 1 aliphatic rings. The normalized spacial score (nSPS) is 23.3. The summed E-state index contributed by atoms with van der Waals surface area (Å²) in [5.74, 6) is -0.250. The highest BCUT2D eigenvalue weighted by Gasteiger charge is 2.37. The summed E-state index contributed by atoms with van der Waals surface area (Å²) in [5, 5.41) is 5.31. The van der Waals surface area contributed by atoms with Crippen LogP contribution in [0, 0.1) is 0 Å². The molecule has 132 valence electrons. The summed E-state index contributed by atoms with van der Waals surface area (Å²) in [6.45, 7) is 7.67. The van der Waals surface area contributed by atoms with E-state index in [1.807, 2.05) is 33.8 Å². The number of hydrogen-bond acceptors (Lipinski definition) is 5. The van der Waals surface area contributed by atoms with Crippen LogP contribution in [-0.4, -0.2) is 20.8 Å². The van der Waals surface area contributed by atoms with Crippen LogP contribution in [0.1, 0.15) is 52.2 Å². The molecule has 0 saturated heterocycles. The van der Waals surface area contributed by atoms with Crippen molar-refractivity contribution in [1.82, 2.24) is 0 Å². The van der Waals surface area contributed by atoms with Crippen molar-refractivity contribution in [2.45, 2.75) is 52.4 Å². The molecule has 0 bridgehead atoms. The molecule has 1 heterocycles. The van der Waals surface area contributed by atoms with Crippen LogP contribution in [0.25, 0.3) is 0 Å². The van der Waals surface area contributed by atoms with Crippen LogP contribution in [0.4, 0.5) is 0 Å². The number of hydrogen-bond donors (Lipinski definition) is 1. The van der Waals surface area contributed by atoms with Gasteiger partial charge in [0.15, 0.2) is 0 Å². The minimum Gasteiger partial charge on any atom is -0.461 e. The molecule has 0 amide bonds. The van der Waals surface area contributed by atoms with Crippen LogP contribution in [0.15, 0.2) is 18.2 Å². The molecule has 1 aromatic carbocycles. The van der Waals surface area contributed by atoms with E-state index in [1.165, 1.54) is 0 Å². The number of fused-ring (bicyclic) bond motifs is 1. The number of ether oxygens (including phenoxy) is 2. The summed E-state index contributed by atoms with van der Waals surface area (Å²) in [7, 11) is -3.96. The van der Waals surface area contributed by atoms with E-state index in [0.29, 0.717) is 23.6 Å². The van der Waals surface area contributed by atoms with Crippen LogP contribution >= 0.6 is 11.6 Å². The second kappa shape index (κ2) is 8.30. The Morgan fingerprint density at radius 3 is 2.61 bits per heavy atom. The molecule has 0 saturated carbocycles. The first-order valence-corrected chi connectivity index (χ1v) is 9.41. The highest BCUT2D eigenvalue weighted by atomic mass is 35.5. The van der Waals surface area contributed by atoms with E-state index in [4.69, 9.17) is 26.2 Å². The van der Waals surface area contributed by atoms with Gasteiger partial charge in [-0.05, 0) is 6.07 Å². The number of nitrogens with two attached hydrogens (primary N) is 1. The molecule has 2 rings (SSSR count). The van der Waals surface area contributed by atoms with Crippen molar-refractivity contribution in [2.75, 3.05) is 6.61 Å². The fourth-order valence-corrected chi connectivity index (χ4v) is 2.68. The molecule has 1 aliphatic heterocycles. The van der Waals surface area contributed by atoms with E-state index >= 15 is 0 Å². The number of rotatable bonds is 5. The first-order valence-electron chi connectivity index (χ1n) is 7.56. The molecule has 0 spiro atoms. The van der Waals surface area contributed by atoms with Crippen molar-refractivity contribution in [1.29, 1.82) is 0 Å². The summed E-state index contributed by atoms with van der Waals surface area (Å²) in [6.07, 6.45) is 0.562. The average Bonchev–Trinajstić information content (AvgIpc) is 2.49. The predicted octanol–water partition coefficient (Wildman–Crippen LogP) is 3.55. The zero-order valence-corrected chi connectivity index (χ0v) is 15.4. The maximum Gasteiger partial charge on any atom is 0.333 e. The van der Waals surface area contributed by atoms with Crippen molar-refractivity contribution in [3.05, 3.63) is 28.8 Å². The summed E-state index contributed by atoms with van der Waals surface area (Å²) in [6, 6.07) is 5.35. The van der Waals surface area contributed by atoms with Crippen molar-refractivity contribution in [3.8, 4) is 5.75 Å². The Kier molecular flexibility index (Phi) is 7.29. The van der Waals surface area contributed by atoms with Crippen LogP contribution in [0.3, 0.4) is 0 Å². The number of para-hydroxylation sites is 1. The molecule has 2 atom stereocenters. The topological polar surface area (TPSA) is 87.9 Å². The third-order valence-electron chi connectivity index (χ3n) is 3.32. The fraction of sp³-hybridized carbons (Fsp3) is 0.600. The van der Waals surface area contributed by atoms with Gasteiger partial charge in [0.1, 0.15) is 5.75 Å². The molecular formula is C15H24ClNO5S. The van der Waals surface area contributed by atoms with E-state index in [0.717, 1.165) is 5.56 Å². The number of halogens is 1. The molecule has 8 heteroatoms. The Bertz CT molecular complexity index is 622. The van der Waals surface area contributed by atoms with Crippen molar-refractivity contribution >= 4 is 21.9 Å². The molecule has 23 heavy (non-hydrogen) atoms. The van der Waals surface area contributed by atoms with Gasteiger partial charge in [-0.2, -0.15) is 8.42 Å². The lowest BCUT2D eigenvalue weighted by atomic mass is 10.0. The SMILES string of the molecule is CC.CCC1(C)Oc2c(Cl)cccc2C(CCOS(N)(=O)=O)O1. The van der Waals surface area contributed by atoms with Gasteiger partial charge in [0.2, 0.25) is 5.79 Å². The quantitative estimate of drug-likeness (QED) is 0.861. The maximum atomic E-state index is 10.8. The van der Waals surface area contributed by atoms with Gasteiger partial charge in [-0.25, -0.2) is 5.14 Å². The van der Waals surface area contributed by atoms with Gasteiger partial charge in [0.25, 0.3) is 0 Å². The molecular weight excluding hydrogens is 342 g/mol. The van der Waals surface area contributed by atoms with Crippen molar-refractivity contribution < 1.29 is 22.1 Å². The lowest BCUT2D eigenvalue weighted by Crippen LogP contribution is -2.40.